The fourth-order valence-corrected chi connectivity index (χ4v) is 3.62. The van der Waals surface area contributed by atoms with Crippen LogP contribution in [0.15, 0.2) is 52.5 Å². The number of nitrogens with one attached hydrogen (secondary N) is 1. The Morgan fingerprint density at radius 3 is 2.70 bits per heavy atom. The maximum atomic E-state index is 12.6. The van der Waals surface area contributed by atoms with Crippen LogP contribution < -0.4 is 14.8 Å². The lowest BCUT2D eigenvalue weighted by Gasteiger charge is -2.26. The summed E-state index contributed by atoms with van der Waals surface area (Å²) in [5.41, 5.74) is 1.10. The van der Waals surface area contributed by atoms with Crippen LogP contribution in [0.1, 0.15) is 12.5 Å². The largest absolute Gasteiger partial charge is 0.494 e. The van der Waals surface area contributed by atoms with Gasteiger partial charge in [0, 0.05) is 24.8 Å². The van der Waals surface area contributed by atoms with Gasteiger partial charge in [0.05, 0.1) is 24.3 Å². The molecule has 0 saturated carbocycles. The van der Waals surface area contributed by atoms with Gasteiger partial charge in [-0.1, -0.05) is 12.1 Å². The molecule has 1 aliphatic heterocycles. The van der Waals surface area contributed by atoms with E-state index in [0.29, 0.717) is 60.1 Å². The van der Waals surface area contributed by atoms with Crippen molar-refractivity contribution in [3.63, 3.8) is 0 Å². The van der Waals surface area contributed by atoms with E-state index in [1.807, 2.05) is 13.0 Å². The van der Waals surface area contributed by atoms with Gasteiger partial charge in [0.2, 0.25) is 0 Å². The van der Waals surface area contributed by atoms with Gasteiger partial charge < -0.3 is 24.4 Å². The summed E-state index contributed by atoms with van der Waals surface area (Å²) in [6, 6.07) is 14.0. The van der Waals surface area contributed by atoms with Crippen molar-refractivity contribution in [2.45, 2.75) is 6.92 Å². The zero-order valence-electron chi connectivity index (χ0n) is 18.2. The molecular weight excluding hydrogens is 490 g/mol. The smallest absolute Gasteiger partial charge is 0.266 e. The van der Waals surface area contributed by atoms with Gasteiger partial charge >= 0.3 is 0 Å². The zero-order chi connectivity index (χ0) is 23.6. The number of nitrogens with zero attached hydrogens (tertiary/aromatic N) is 2. The van der Waals surface area contributed by atoms with Gasteiger partial charge in [0.1, 0.15) is 23.1 Å². The van der Waals surface area contributed by atoms with Gasteiger partial charge in [-0.2, -0.15) is 5.26 Å². The van der Waals surface area contributed by atoms with Crippen molar-refractivity contribution >= 4 is 39.5 Å². The number of nitriles is 1. The molecular formula is C24H24BrN3O5. The number of amides is 2. The Kier molecular flexibility index (Phi) is 8.87. The monoisotopic (exact) mass is 513 g/mol. The third kappa shape index (κ3) is 7.07. The third-order valence-corrected chi connectivity index (χ3v) is 5.37. The van der Waals surface area contributed by atoms with Crippen LogP contribution in [0.3, 0.4) is 0 Å². The highest BCUT2D eigenvalue weighted by atomic mass is 79.9. The third-order valence-electron chi connectivity index (χ3n) is 4.75. The number of carbonyl (C=O) groups excluding carboxylic acids is 2. The average Bonchev–Trinajstić information content (AvgIpc) is 2.82. The van der Waals surface area contributed by atoms with Gasteiger partial charge in [-0.3, -0.25) is 9.59 Å². The first-order chi connectivity index (χ1) is 16.0. The van der Waals surface area contributed by atoms with Crippen LogP contribution in [0.2, 0.25) is 0 Å². The molecule has 1 saturated heterocycles. The molecule has 0 atom stereocenters. The summed E-state index contributed by atoms with van der Waals surface area (Å²) in [4.78, 5) is 26.5. The van der Waals surface area contributed by atoms with E-state index in [0.717, 1.165) is 0 Å². The summed E-state index contributed by atoms with van der Waals surface area (Å²) in [5, 5.41) is 12.2. The molecule has 1 heterocycles. The van der Waals surface area contributed by atoms with Gasteiger partial charge in [-0.05, 0) is 58.8 Å². The molecule has 3 rings (SSSR count). The van der Waals surface area contributed by atoms with E-state index in [4.69, 9.17) is 14.2 Å². The summed E-state index contributed by atoms with van der Waals surface area (Å²) in [6.07, 6.45) is 1.48. The SMILES string of the molecule is CCOc1cccc(NC(=O)/C(C#N)=C\c2ccc(OCC(=O)N3CCOCC3)c(Br)c2)c1. The molecule has 2 aromatic rings. The van der Waals surface area contributed by atoms with Gasteiger partial charge in [-0.15, -0.1) is 0 Å². The highest BCUT2D eigenvalue weighted by Gasteiger charge is 2.18. The Labute approximate surface area is 200 Å². The van der Waals surface area contributed by atoms with Crippen molar-refractivity contribution in [1.29, 1.82) is 5.26 Å². The fraction of sp³-hybridized carbons (Fsp3) is 0.292. The Hall–Kier alpha value is -3.35. The van der Waals surface area contributed by atoms with E-state index >= 15 is 0 Å². The average molecular weight is 514 g/mol. The second-order valence-electron chi connectivity index (χ2n) is 7.06. The number of hydrogen-bond donors (Lipinski definition) is 1. The molecule has 0 bridgehead atoms. The molecule has 1 aliphatic rings. The molecule has 2 amide bonds. The lowest BCUT2D eigenvalue weighted by Crippen LogP contribution is -2.43. The van der Waals surface area contributed by atoms with Crippen LogP contribution in [0, 0.1) is 11.3 Å². The van der Waals surface area contributed by atoms with Crippen LogP contribution in [0.5, 0.6) is 11.5 Å². The predicted molar refractivity (Wildman–Crippen MR) is 127 cm³/mol. The Balaban J connectivity index is 1.64. The summed E-state index contributed by atoms with van der Waals surface area (Å²) in [7, 11) is 0. The Bertz CT molecular complexity index is 1070. The summed E-state index contributed by atoms with van der Waals surface area (Å²) < 4.78 is 16.9. The molecule has 8 nitrogen and oxygen atoms in total. The minimum absolute atomic E-state index is 0.0557. The molecule has 33 heavy (non-hydrogen) atoms. The van der Waals surface area contributed by atoms with E-state index in [1.165, 1.54) is 6.08 Å². The van der Waals surface area contributed by atoms with E-state index in [1.54, 1.807) is 47.4 Å². The quantitative estimate of drug-likeness (QED) is 0.427. The topological polar surface area (TPSA) is 101 Å². The van der Waals surface area contributed by atoms with Crippen molar-refractivity contribution in [2.75, 3.05) is 44.8 Å². The number of hydrogen-bond acceptors (Lipinski definition) is 6. The van der Waals surface area contributed by atoms with Crippen molar-refractivity contribution in [1.82, 2.24) is 4.90 Å². The first kappa shape index (κ1) is 24.3. The maximum Gasteiger partial charge on any atom is 0.266 e. The first-order valence-corrected chi connectivity index (χ1v) is 11.2. The number of ether oxygens (including phenoxy) is 3. The molecule has 0 aromatic heterocycles. The molecule has 0 spiro atoms. The van der Waals surface area contributed by atoms with Gasteiger partial charge in [0.15, 0.2) is 6.61 Å². The van der Waals surface area contributed by atoms with E-state index in [9.17, 15) is 14.9 Å². The number of halogens is 1. The van der Waals surface area contributed by atoms with Gasteiger partial charge in [0.25, 0.3) is 11.8 Å². The highest BCUT2D eigenvalue weighted by Crippen LogP contribution is 2.27. The zero-order valence-corrected chi connectivity index (χ0v) is 19.8. The van der Waals surface area contributed by atoms with Crippen molar-refractivity contribution in [2.24, 2.45) is 0 Å². The number of morpholine rings is 1. The molecule has 1 fully saturated rings. The first-order valence-electron chi connectivity index (χ1n) is 10.4. The fourth-order valence-electron chi connectivity index (χ4n) is 3.11. The molecule has 1 N–H and O–H groups in total. The standard InChI is InChI=1S/C24H24BrN3O5/c1-2-32-20-5-3-4-19(14-20)27-24(30)18(15-26)12-17-6-7-22(21(25)13-17)33-16-23(29)28-8-10-31-11-9-28/h3-7,12-14H,2,8-11,16H2,1H3,(H,27,30)/b18-12-. The van der Waals surface area contributed by atoms with Crippen LogP contribution in [-0.4, -0.2) is 56.2 Å². The minimum atomic E-state index is -0.529. The normalized spacial score (nSPS) is 13.7. The van der Waals surface area contributed by atoms with Crippen molar-refractivity contribution < 1.29 is 23.8 Å². The summed E-state index contributed by atoms with van der Waals surface area (Å²) in [5.74, 6) is 0.485. The Morgan fingerprint density at radius 1 is 1.21 bits per heavy atom. The van der Waals surface area contributed by atoms with Crippen molar-refractivity contribution in [3.8, 4) is 17.6 Å². The molecule has 0 radical (unpaired) electrons. The molecule has 2 aromatic carbocycles. The second-order valence-corrected chi connectivity index (χ2v) is 7.91. The van der Waals surface area contributed by atoms with Crippen LogP contribution in [0.25, 0.3) is 6.08 Å². The lowest BCUT2D eigenvalue weighted by atomic mass is 10.1. The molecule has 0 unspecified atom stereocenters. The van der Waals surface area contributed by atoms with Crippen LogP contribution >= 0.6 is 15.9 Å². The summed E-state index contributed by atoms with van der Waals surface area (Å²) in [6.45, 7) is 4.48. The van der Waals surface area contributed by atoms with E-state index in [-0.39, 0.29) is 18.1 Å². The predicted octanol–water partition coefficient (Wildman–Crippen LogP) is 3.63. The molecule has 172 valence electrons. The Morgan fingerprint density at radius 2 is 2.00 bits per heavy atom. The highest BCUT2D eigenvalue weighted by molar-refractivity contribution is 9.10. The van der Waals surface area contributed by atoms with Crippen LogP contribution in [0.4, 0.5) is 5.69 Å². The van der Waals surface area contributed by atoms with E-state index < -0.39 is 5.91 Å². The van der Waals surface area contributed by atoms with E-state index in [2.05, 4.69) is 21.2 Å². The lowest BCUT2D eigenvalue weighted by molar-refractivity contribution is -0.137. The number of carbonyl (C=O) groups is 2. The number of rotatable bonds is 8. The van der Waals surface area contributed by atoms with Crippen molar-refractivity contribution in [3.05, 3.63) is 58.1 Å². The molecule has 9 heteroatoms. The van der Waals surface area contributed by atoms with Crippen LogP contribution in [-0.2, 0) is 14.3 Å². The maximum absolute atomic E-state index is 12.6. The summed E-state index contributed by atoms with van der Waals surface area (Å²) >= 11 is 3.42. The second kappa shape index (κ2) is 12.0. The number of benzene rings is 2. The van der Waals surface area contributed by atoms with Gasteiger partial charge in [-0.25, -0.2) is 0 Å². The number of anilines is 1. The molecule has 0 aliphatic carbocycles. The minimum Gasteiger partial charge on any atom is -0.494 e.